The Morgan fingerprint density at radius 2 is 1.75 bits per heavy atom. The van der Waals surface area contributed by atoms with E-state index in [1.165, 1.54) is 32.1 Å². The molecule has 4 fully saturated rings. The summed E-state index contributed by atoms with van der Waals surface area (Å²) < 4.78 is 0. The SMILES string of the molecule is O=C(ONC1=CCCCC1)C12CC3CC(CC(C3)C1)C2. The molecule has 0 atom stereocenters. The maximum Gasteiger partial charge on any atom is 0.338 e. The topological polar surface area (TPSA) is 38.3 Å². The summed E-state index contributed by atoms with van der Waals surface area (Å²) in [6.07, 6.45) is 14.1. The zero-order valence-corrected chi connectivity index (χ0v) is 12.2. The minimum absolute atomic E-state index is 0.0306. The molecule has 0 unspecified atom stereocenters. The zero-order chi connectivity index (χ0) is 13.6. The van der Waals surface area contributed by atoms with E-state index in [0.29, 0.717) is 0 Å². The lowest BCUT2D eigenvalue weighted by Gasteiger charge is -2.54. The second-order valence-corrected chi connectivity index (χ2v) is 7.66. The fourth-order valence-corrected chi connectivity index (χ4v) is 5.51. The molecule has 5 rings (SSSR count). The van der Waals surface area contributed by atoms with Crippen LogP contribution in [0, 0.1) is 23.2 Å². The Morgan fingerprint density at radius 3 is 2.30 bits per heavy atom. The van der Waals surface area contributed by atoms with Gasteiger partial charge in [-0.2, -0.15) is 0 Å². The molecular formula is C17H25NO2. The summed E-state index contributed by atoms with van der Waals surface area (Å²) in [5, 5.41) is 0. The van der Waals surface area contributed by atoms with Gasteiger partial charge in [0.05, 0.1) is 5.41 Å². The second kappa shape index (κ2) is 4.78. The lowest BCUT2D eigenvalue weighted by atomic mass is 9.49. The minimum Gasteiger partial charge on any atom is -0.343 e. The number of nitrogens with one attached hydrogen (secondary N) is 1. The van der Waals surface area contributed by atoms with Gasteiger partial charge in [-0.15, -0.1) is 0 Å². The van der Waals surface area contributed by atoms with E-state index in [9.17, 15) is 4.79 Å². The second-order valence-electron chi connectivity index (χ2n) is 7.66. The molecule has 0 aromatic rings. The first-order valence-corrected chi connectivity index (χ1v) is 8.40. The standard InChI is InChI=1S/C17H25NO2/c19-16(20-18-15-4-2-1-3-5-15)17-9-12-6-13(10-17)8-14(7-12)11-17/h4,12-14,18H,1-3,5-11H2. The molecule has 20 heavy (non-hydrogen) atoms. The zero-order valence-electron chi connectivity index (χ0n) is 12.2. The van der Waals surface area contributed by atoms with Gasteiger partial charge < -0.3 is 4.84 Å². The predicted molar refractivity (Wildman–Crippen MR) is 76.4 cm³/mol. The molecule has 0 heterocycles. The third-order valence-corrected chi connectivity index (χ3v) is 6.04. The average Bonchev–Trinajstić information content (AvgIpc) is 2.44. The van der Waals surface area contributed by atoms with Gasteiger partial charge in [-0.25, -0.2) is 10.3 Å². The molecule has 4 bridgehead atoms. The molecule has 0 radical (unpaired) electrons. The number of carbonyl (C=O) groups is 1. The van der Waals surface area contributed by atoms with Crippen molar-refractivity contribution in [3.05, 3.63) is 11.8 Å². The number of hydroxylamine groups is 1. The first kappa shape index (κ1) is 12.7. The smallest absolute Gasteiger partial charge is 0.338 e. The molecule has 0 saturated heterocycles. The molecule has 4 saturated carbocycles. The van der Waals surface area contributed by atoms with Gasteiger partial charge in [0.2, 0.25) is 0 Å². The van der Waals surface area contributed by atoms with Crippen molar-refractivity contribution in [1.82, 2.24) is 5.48 Å². The summed E-state index contributed by atoms with van der Waals surface area (Å²) in [6.45, 7) is 0. The summed E-state index contributed by atoms with van der Waals surface area (Å²) in [5.74, 6) is 2.41. The molecule has 5 aliphatic carbocycles. The van der Waals surface area contributed by atoms with E-state index < -0.39 is 0 Å². The largest absolute Gasteiger partial charge is 0.343 e. The Labute approximate surface area is 121 Å². The Balaban J connectivity index is 1.41. The highest BCUT2D eigenvalue weighted by molar-refractivity contribution is 5.77. The van der Waals surface area contributed by atoms with Crippen LogP contribution in [0.3, 0.4) is 0 Å². The summed E-state index contributed by atoms with van der Waals surface area (Å²) in [5.41, 5.74) is 3.92. The lowest BCUT2D eigenvalue weighted by molar-refractivity contribution is -0.177. The van der Waals surface area contributed by atoms with Gasteiger partial charge in [0.15, 0.2) is 0 Å². The highest BCUT2D eigenvalue weighted by Crippen LogP contribution is 2.60. The van der Waals surface area contributed by atoms with Gasteiger partial charge in [-0.1, -0.05) is 6.08 Å². The maximum absolute atomic E-state index is 12.6. The molecular weight excluding hydrogens is 250 g/mol. The molecule has 3 nitrogen and oxygen atoms in total. The van der Waals surface area contributed by atoms with Crippen molar-refractivity contribution in [3.63, 3.8) is 0 Å². The van der Waals surface area contributed by atoms with Gasteiger partial charge in [0.25, 0.3) is 0 Å². The summed E-state index contributed by atoms with van der Waals surface area (Å²) >= 11 is 0. The quantitative estimate of drug-likeness (QED) is 0.798. The number of carbonyl (C=O) groups excluding carboxylic acids is 1. The normalized spacial score (nSPS) is 42.2. The van der Waals surface area contributed by atoms with E-state index in [4.69, 9.17) is 4.84 Å². The van der Waals surface area contributed by atoms with E-state index in [-0.39, 0.29) is 11.4 Å². The first-order valence-electron chi connectivity index (χ1n) is 8.40. The van der Waals surface area contributed by atoms with Crippen LogP contribution < -0.4 is 5.48 Å². The monoisotopic (exact) mass is 275 g/mol. The molecule has 0 aliphatic heterocycles. The Kier molecular flexibility index (Phi) is 3.04. The average molecular weight is 275 g/mol. The third kappa shape index (κ3) is 2.15. The van der Waals surface area contributed by atoms with E-state index in [2.05, 4.69) is 11.6 Å². The van der Waals surface area contributed by atoms with E-state index in [1.54, 1.807) is 0 Å². The van der Waals surface area contributed by atoms with Crippen LogP contribution in [0.1, 0.15) is 64.2 Å². The van der Waals surface area contributed by atoms with Crippen LogP contribution in [0.25, 0.3) is 0 Å². The fraction of sp³-hybridized carbons (Fsp3) is 0.824. The number of hydrogen-bond donors (Lipinski definition) is 1. The molecule has 110 valence electrons. The maximum atomic E-state index is 12.6. The van der Waals surface area contributed by atoms with Crippen LogP contribution in [0.2, 0.25) is 0 Å². The van der Waals surface area contributed by atoms with Gasteiger partial charge >= 0.3 is 5.97 Å². The Morgan fingerprint density at radius 1 is 1.10 bits per heavy atom. The summed E-state index contributed by atoms with van der Waals surface area (Å²) in [4.78, 5) is 18.1. The molecule has 0 spiro atoms. The van der Waals surface area contributed by atoms with Crippen molar-refractivity contribution < 1.29 is 9.63 Å². The van der Waals surface area contributed by atoms with E-state index in [0.717, 1.165) is 55.6 Å². The highest BCUT2D eigenvalue weighted by atomic mass is 16.7. The van der Waals surface area contributed by atoms with Crippen LogP contribution >= 0.6 is 0 Å². The van der Waals surface area contributed by atoms with Crippen molar-refractivity contribution in [2.24, 2.45) is 23.2 Å². The van der Waals surface area contributed by atoms with Gasteiger partial charge in [-0.3, -0.25) is 0 Å². The van der Waals surface area contributed by atoms with Crippen LogP contribution in [0.5, 0.6) is 0 Å². The van der Waals surface area contributed by atoms with Crippen molar-refractivity contribution in [1.29, 1.82) is 0 Å². The molecule has 0 aromatic carbocycles. The molecule has 0 amide bonds. The van der Waals surface area contributed by atoms with E-state index >= 15 is 0 Å². The van der Waals surface area contributed by atoms with Crippen molar-refractivity contribution in [2.75, 3.05) is 0 Å². The molecule has 1 N–H and O–H groups in total. The lowest BCUT2D eigenvalue weighted by Crippen LogP contribution is -2.51. The third-order valence-electron chi connectivity index (χ3n) is 6.04. The number of allylic oxidation sites excluding steroid dienone is 2. The van der Waals surface area contributed by atoms with Crippen molar-refractivity contribution in [2.45, 2.75) is 64.2 Å². The van der Waals surface area contributed by atoms with Gasteiger partial charge in [0.1, 0.15) is 0 Å². The van der Waals surface area contributed by atoms with Crippen LogP contribution in [-0.4, -0.2) is 5.97 Å². The molecule has 5 aliphatic rings. The predicted octanol–water partition coefficient (Wildman–Crippen LogP) is 3.71. The van der Waals surface area contributed by atoms with Gasteiger partial charge in [-0.05, 0) is 82.0 Å². The molecule has 0 aromatic heterocycles. The number of rotatable bonds is 3. The van der Waals surface area contributed by atoms with Crippen molar-refractivity contribution >= 4 is 5.97 Å². The Hall–Kier alpha value is -0.990. The summed E-state index contributed by atoms with van der Waals surface area (Å²) in [6, 6.07) is 0. The minimum atomic E-state index is -0.142. The first-order chi connectivity index (χ1) is 9.73. The summed E-state index contributed by atoms with van der Waals surface area (Å²) in [7, 11) is 0. The van der Waals surface area contributed by atoms with Crippen LogP contribution in [0.15, 0.2) is 11.8 Å². The Bertz CT molecular complexity index is 405. The number of hydrogen-bond acceptors (Lipinski definition) is 3. The highest BCUT2D eigenvalue weighted by Gasteiger charge is 2.55. The van der Waals surface area contributed by atoms with Crippen LogP contribution in [0.4, 0.5) is 0 Å². The fourth-order valence-electron chi connectivity index (χ4n) is 5.51. The van der Waals surface area contributed by atoms with Crippen molar-refractivity contribution in [3.8, 4) is 0 Å². The van der Waals surface area contributed by atoms with Gasteiger partial charge in [0, 0.05) is 5.70 Å². The van der Waals surface area contributed by atoms with E-state index in [1.807, 2.05) is 0 Å². The molecule has 3 heteroatoms. The van der Waals surface area contributed by atoms with Crippen LogP contribution in [-0.2, 0) is 9.63 Å².